The van der Waals surface area contributed by atoms with E-state index in [0.717, 1.165) is 40.7 Å². The van der Waals surface area contributed by atoms with E-state index in [1.807, 2.05) is 47.0 Å². The highest BCUT2D eigenvalue weighted by molar-refractivity contribution is 6.10. The van der Waals surface area contributed by atoms with Crippen LogP contribution in [0.4, 0.5) is 0 Å². The first-order valence-corrected chi connectivity index (χ1v) is 15.8. The Bertz CT molecular complexity index is 1810. The van der Waals surface area contributed by atoms with E-state index in [4.69, 9.17) is 5.73 Å². The minimum absolute atomic E-state index is 0.994. The molecule has 0 heterocycles. The van der Waals surface area contributed by atoms with Crippen molar-refractivity contribution in [3.05, 3.63) is 137 Å². The minimum atomic E-state index is 0.994. The molecule has 4 aromatic carbocycles. The first-order valence-electron chi connectivity index (χ1n) is 15.8. The molecule has 45 heavy (non-hydrogen) atoms. The molecule has 226 valence electrons. The Morgan fingerprint density at radius 2 is 1.42 bits per heavy atom. The summed E-state index contributed by atoms with van der Waals surface area (Å²) in [7, 11) is 1.81. The summed E-state index contributed by atoms with van der Waals surface area (Å²) in [6, 6.07) is 29.2. The maximum Gasteiger partial charge on any atom is 0.0284 e. The highest BCUT2D eigenvalue weighted by Gasteiger charge is 2.29. The van der Waals surface area contributed by atoms with Crippen molar-refractivity contribution < 1.29 is 0 Å². The number of rotatable bonds is 6. The molecule has 0 aliphatic heterocycles. The lowest BCUT2D eigenvalue weighted by Gasteiger charge is -2.20. The van der Waals surface area contributed by atoms with Crippen LogP contribution in [0.15, 0.2) is 114 Å². The van der Waals surface area contributed by atoms with Crippen molar-refractivity contribution in [3.63, 3.8) is 0 Å². The third-order valence-electron chi connectivity index (χ3n) is 8.07. The summed E-state index contributed by atoms with van der Waals surface area (Å²) in [5.74, 6) is 2.25. The van der Waals surface area contributed by atoms with Crippen molar-refractivity contribution in [1.29, 1.82) is 0 Å². The van der Waals surface area contributed by atoms with Crippen LogP contribution in [0, 0.1) is 12.3 Å². The Kier molecular flexibility index (Phi) is 11.3. The fourth-order valence-electron chi connectivity index (χ4n) is 6.22. The van der Waals surface area contributed by atoms with Gasteiger partial charge in [-0.25, -0.2) is 0 Å². The molecule has 0 fully saturated rings. The summed E-state index contributed by atoms with van der Waals surface area (Å²) >= 11 is 0. The fraction of sp³-hybridized carbons (Fsp3) is 0.186. The van der Waals surface area contributed by atoms with Crippen LogP contribution in [0.2, 0.25) is 0 Å². The molecular formula is C43H44N2. The lowest BCUT2D eigenvalue weighted by molar-refractivity contribution is 0.984. The zero-order valence-corrected chi connectivity index (χ0v) is 27.5. The Labute approximate surface area is 270 Å². The number of allylic oxidation sites excluding steroid dienone is 6. The number of hydrogen-bond donors (Lipinski definition) is 1. The number of aliphatic imine (C=N–C) groups is 1. The van der Waals surface area contributed by atoms with Crippen LogP contribution >= 0.6 is 0 Å². The summed E-state index contributed by atoms with van der Waals surface area (Å²) < 4.78 is 0. The monoisotopic (exact) mass is 588 g/mol. The second kappa shape index (κ2) is 15.6. The van der Waals surface area contributed by atoms with Crippen LogP contribution in [0.5, 0.6) is 0 Å². The molecule has 6 rings (SSSR count). The van der Waals surface area contributed by atoms with Gasteiger partial charge in [0.1, 0.15) is 0 Å². The summed E-state index contributed by atoms with van der Waals surface area (Å²) in [6.45, 7) is 9.71. The molecule has 0 bridgehead atoms. The second-order valence-electron chi connectivity index (χ2n) is 10.6. The van der Waals surface area contributed by atoms with Gasteiger partial charge in [0.15, 0.2) is 0 Å². The molecule has 0 amide bonds. The van der Waals surface area contributed by atoms with Crippen LogP contribution < -0.4 is 5.73 Å². The van der Waals surface area contributed by atoms with Crippen molar-refractivity contribution in [2.75, 3.05) is 7.05 Å². The molecule has 0 saturated heterocycles. The molecule has 0 atom stereocenters. The smallest absolute Gasteiger partial charge is 0.0284 e. The van der Waals surface area contributed by atoms with E-state index >= 15 is 0 Å². The average molecular weight is 589 g/mol. The Morgan fingerprint density at radius 1 is 0.800 bits per heavy atom. The molecule has 0 unspecified atom stereocenters. The van der Waals surface area contributed by atoms with Gasteiger partial charge in [-0.2, -0.15) is 0 Å². The maximum atomic E-state index is 6.03. The summed E-state index contributed by atoms with van der Waals surface area (Å²) in [4.78, 5) is 4.28. The van der Waals surface area contributed by atoms with Crippen LogP contribution in [0.1, 0.15) is 68.9 Å². The minimum Gasteiger partial charge on any atom is -0.404 e. The third-order valence-corrected chi connectivity index (χ3v) is 8.07. The largest absolute Gasteiger partial charge is 0.404 e. The lowest BCUT2D eigenvalue weighted by Crippen LogP contribution is -2.01. The highest BCUT2D eigenvalue weighted by Crippen LogP contribution is 2.50. The number of nitrogens with two attached hydrogens (primary N) is 1. The quantitative estimate of drug-likeness (QED) is 0.120. The standard InChI is InChI=1S/C38H34N2.C3H4.C2H6/c1-4-9-28(23-39)31-21-29(25(5-2)24-40-3)20-30(22-31)26-14-16-27(17-15-26)32-18-19-37-34-11-7-6-10-33(34)36-13-8-12-35(32)38(36)37;1-3-2;1-2/h4-7,9-11,13-24H,8,12,39H2,1-3H3;1H,2H3;1-2H3/b9-4-,25-5+,28-23+,40-24?;;. The predicted octanol–water partition coefficient (Wildman–Crippen LogP) is 11.0. The Morgan fingerprint density at radius 3 is 2.04 bits per heavy atom. The third kappa shape index (κ3) is 6.69. The molecule has 2 aliphatic carbocycles. The Balaban J connectivity index is 0.000000871. The molecule has 2 nitrogen and oxygen atoms in total. The van der Waals surface area contributed by atoms with Gasteiger partial charge >= 0.3 is 0 Å². The van der Waals surface area contributed by atoms with E-state index in [0.29, 0.717) is 0 Å². The summed E-state index contributed by atoms with van der Waals surface area (Å²) in [6.07, 6.45) is 18.9. The van der Waals surface area contributed by atoms with Gasteiger partial charge in [0.25, 0.3) is 0 Å². The molecule has 0 spiro atoms. The van der Waals surface area contributed by atoms with Crippen LogP contribution in [-0.4, -0.2) is 13.3 Å². The second-order valence-corrected chi connectivity index (χ2v) is 10.6. The normalized spacial score (nSPS) is 13.2. The van der Waals surface area contributed by atoms with Gasteiger partial charge in [-0.05, 0) is 130 Å². The number of terminal acetylenes is 1. The van der Waals surface area contributed by atoms with Crippen molar-refractivity contribution >= 4 is 22.9 Å². The summed E-state index contributed by atoms with van der Waals surface area (Å²) in [5, 5.41) is 0. The first kappa shape index (κ1) is 32.8. The zero-order valence-electron chi connectivity index (χ0n) is 27.5. The van der Waals surface area contributed by atoms with Gasteiger partial charge in [0.2, 0.25) is 0 Å². The predicted molar refractivity (Wildman–Crippen MR) is 199 cm³/mol. The number of benzene rings is 4. The maximum absolute atomic E-state index is 6.03. The Hall–Kier alpha value is -5.13. The molecule has 2 N–H and O–H groups in total. The molecular weight excluding hydrogens is 544 g/mol. The van der Waals surface area contributed by atoms with E-state index in [2.05, 4.69) is 114 Å². The van der Waals surface area contributed by atoms with Crippen molar-refractivity contribution in [2.45, 2.75) is 47.5 Å². The van der Waals surface area contributed by atoms with E-state index in [-0.39, 0.29) is 0 Å². The van der Waals surface area contributed by atoms with Crippen molar-refractivity contribution in [1.82, 2.24) is 0 Å². The van der Waals surface area contributed by atoms with Crippen LogP contribution in [0.25, 0.3) is 50.1 Å². The number of hydrogen-bond acceptors (Lipinski definition) is 2. The van der Waals surface area contributed by atoms with Gasteiger partial charge in [-0.15, -0.1) is 12.3 Å². The van der Waals surface area contributed by atoms with Gasteiger partial charge in [-0.1, -0.05) is 98.8 Å². The fourth-order valence-corrected chi connectivity index (χ4v) is 6.22. The molecule has 2 aliphatic rings. The number of nitrogens with zero attached hydrogens (tertiary/aromatic N) is 1. The van der Waals surface area contributed by atoms with Gasteiger partial charge < -0.3 is 5.73 Å². The van der Waals surface area contributed by atoms with Crippen molar-refractivity contribution in [3.8, 4) is 45.7 Å². The van der Waals surface area contributed by atoms with Gasteiger partial charge in [0, 0.05) is 19.5 Å². The van der Waals surface area contributed by atoms with E-state index in [9.17, 15) is 0 Å². The molecule has 2 heteroatoms. The highest BCUT2D eigenvalue weighted by atomic mass is 14.6. The molecule has 0 radical (unpaired) electrons. The molecule has 4 aromatic rings. The van der Waals surface area contributed by atoms with Crippen LogP contribution in [-0.2, 0) is 6.42 Å². The van der Waals surface area contributed by atoms with E-state index in [1.165, 1.54) is 50.1 Å². The van der Waals surface area contributed by atoms with E-state index in [1.54, 1.807) is 13.1 Å². The summed E-state index contributed by atoms with van der Waals surface area (Å²) in [5.41, 5.74) is 23.7. The molecule has 0 aromatic heterocycles. The van der Waals surface area contributed by atoms with Gasteiger partial charge in [-0.3, -0.25) is 4.99 Å². The average Bonchev–Trinajstić information content (AvgIpc) is 3.42. The van der Waals surface area contributed by atoms with E-state index < -0.39 is 0 Å². The van der Waals surface area contributed by atoms with Crippen molar-refractivity contribution in [2.24, 2.45) is 10.7 Å². The van der Waals surface area contributed by atoms with Gasteiger partial charge in [0.05, 0.1) is 0 Å². The molecule has 0 saturated carbocycles. The van der Waals surface area contributed by atoms with Crippen LogP contribution in [0.3, 0.4) is 0 Å². The number of fused-ring (bicyclic) bond motifs is 3. The SMILES string of the molecule is C#CC.C/C=C\C(=C/N)c1cc(/C(C=NC)=C/C)cc(-c2ccc(-c3ccc4c5c3CCC=C5c3ccccc3-4)cc2)c1.CC. The first-order chi connectivity index (χ1) is 22.1. The zero-order chi connectivity index (χ0) is 32.3. The topological polar surface area (TPSA) is 38.4 Å². The lowest BCUT2D eigenvalue weighted by atomic mass is 9.84.